The third-order valence-electron chi connectivity index (χ3n) is 6.60. The number of aromatic nitrogens is 1. The van der Waals surface area contributed by atoms with E-state index in [1.165, 1.54) is 41.7 Å². The van der Waals surface area contributed by atoms with Crippen LogP contribution in [0.25, 0.3) is 10.6 Å². The Balaban J connectivity index is 0.00000323. The summed E-state index contributed by atoms with van der Waals surface area (Å²) in [5.41, 5.74) is 1.32. The van der Waals surface area contributed by atoms with Crippen LogP contribution in [-0.2, 0) is 16.4 Å². The van der Waals surface area contributed by atoms with Crippen molar-refractivity contribution < 1.29 is 22.7 Å². The fourth-order valence-corrected chi connectivity index (χ4v) is 7.04. The molecule has 40 heavy (non-hydrogen) atoms. The number of ether oxygens (including phenoxy) is 1. The summed E-state index contributed by atoms with van der Waals surface area (Å²) in [6, 6.07) is 18.0. The highest BCUT2D eigenvalue weighted by molar-refractivity contribution is 7.91. The number of fused-ring (bicyclic) bond motifs is 2. The fraction of sp³-hybridized carbons (Fsp3) is 0.179. The van der Waals surface area contributed by atoms with E-state index in [4.69, 9.17) is 4.74 Å². The minimum absolute atomic E-state index is 0. The number of hydrogen-bond acceptors (Lipinski definition) is 8. The topological polar surface area (TPSA) is 126 Å². The van der Waals surface area contributed by atoms with E-state index in [2.05, 4.69) is 20.9 Å². The van der Waals surface area contributed by atoms with Crippen LogP contribution in [0, 0.1) is 0 Å². The van der Waals surface area contributed by atoms with Gasteiger partial charge >= 0.3 is 0 Å². The molecular formula is C28H25ClN4O5S2. The molecule has 2 amide bonds. The molecule has 3 heterocycles. The van der Waals surface area contributed by atoms with Gasteiger partial charge in [-0.2, -0.15) is 0 Å². The molecule has 206 valence electrons. The third kappa shape index (κ3) is 5.46. The molecule has 0 saturated carbocycles. The van der Waals surface area contributed by atoms with Crippen LogP contribution in [0.2, 0.25) is 0 Å². The molecule has 4 aromatic rings. The Labute approximate surface area is 241 Å². The van der Waals surface area contributed by atoms with E-state index in [0.717, 1.165) is 40.7 Å². The molecule has 2 aliphatic heterocycles. The zero-order valence-corrected chi connectivity index (χ0v) is 23.5. The Morgan fingerprint density at radius 1 is 1.07 bits per heavy atom. The summed E-state index contributed by atoms with van der Waals surface area (Å²) in [6.07, 6.45) is 2.91. The van der Waals surface area contributed by atoms with E-state index in [0.29, 0.717) is 0 Å². The Bertz CT molecular complexity index is 1680. The van der Waals surface area contributed by atoms with Gasteiger partial charge in [-0.1, -0.05) is 12.1 Å². The van der Waals surface area contributed by atoms with Crippen LogP contribution in [0.3, 0.4) is 0 Å². The molecule has 1 aromatic heterocycles. The number of nitrogens with one attached hydrogen (secondary N) is 3. The van der Waals surface area contributed by atoms with E-state index in [1.807, 2.05) is 24.3 Å². The van der Waals surface area contributed by atoms with Crippen LogP contribution < -0.4 is 20.7 Å². The Morgan fingerprint density at radius 3 is 2.65 bits per heavy atom. The van der Waals surface area contributed by atoms with Gasteiger partial charge in [-0.15, -0.1) is 23.7 Å². The summed E-state index contributed by atoms with van der Waals surface area (Å²) in [7, 11) is -3.93. The van der Waals surface area contributed by atoms with Crippen molar-refractivity contribution in [1.29, 1.82) is 0 Å². The Kier molecular flexibility index (Phi) is 7.90. The molecule has 0 spiro atoms. The van der Waals surface area contributed by atoms with Crippen molar-refractivity contribution in [2.45, 2.75) is 28.9 Å². The molecule has 1 fully saturated rings. The number of anilines is 1. The summed E-state index contributed by atoms with van der Waals surface area (Å²) >= 11 is 1.47. The monoisotopic (exact) mass is 596 g/mol. The maximum Gasteiger partial charge on any atom is 0.257 e. The summed E-state index contributed by atoms with van der Waals surface area (Å²) in [6.45, 7) is 2.08. The number of carbonyl (C=O) groups is 2. The molecule has 1 saturated heterocycles. The molecular weight excluding hydrogens is 572 g/mol. The van der Waals surface area contributed by atoms with Gasteiger partial charge in [-0.25, -0.2) is 13.4 Å². The summed E-state index contributed by atoms with van der Waals surface area (Å²) in [5, 5.41) is 9.58. The van der Waals surface area contributed by atoms with Gasteiger partial charge in [0.25, 0.3) is 11.8 Å². The minimum Gasteiger partial charge on any atom is -0.489 e. The van der Waals surface area contributed by atoms with Crippen molar-refractivity contribution in [1.82, 2.24) is 15.6 Å². The average molecular weight is 597 g/mol. The van der Waals surface area contributed by atoms with Crippen LogP contribution in [0.1, 0.15) is 32.0 Å². The lowest BCUT2D eigenvalue weighted by Gasteiger charge is -2.12. The fourth-order valence-electron chi connectivity index (χ4n) is 4.59. The zero-order valence-electron chi connectivity index (χ0n) is 21.0. The highest BCUT2D eigenvalue weighted by atomic mass is 35.5. The molecule has 3 aromatic carbocycles. The second kappa shape index (κ2) is 11.4. The van der Waals surface area contributed by atoms with Gasteiger partial charge in [0.15, 0.2) is 0 Å². The number of hydrogen-bond donors (Lipinski definition) is 3. The van der Waals surface area contributed by atoms with Crippen LogP contribution in [0.5, 0.6) is 5.75 Å². The van der Waals surface area contributed by atoms with E-state index in [1.54, 1.807) is 18.3 Å². The average Bonchev–Trinajstić information content (AvgIpc) is 3.63. The number of halogens is 1. The molecule has 0 unspecified atom stereocenters. The largest absolute Gasteiger partial charge is 0.489 e. The van der Waals surface area contributed by atoms with E-state index in [-0.39, 0.29) is 51.7 Å². The number of amides is 2. The van der Waals surface area contributed by atoms with Crippen LogP contribution in [0.4, 0.5) is 5.69 Å². The SMILES string of the molecule is Cl.O=C(NCc1cnc(-c2ccc(O[C@@H]3CCNC3)cc2)s1)c1ccc2c(c1)NC(=O)c1ccccc1S2(=O)=O. The molecule has 3 N–H and O–H groups in total. The summed E-state index contributed by atoms with van der Waals surface area (Å²) in [5.74, 6) is -0.119. The first-order valence-electron chi connectivity index (χ1n) is 12.4. The lowest BCUT2D eigenvalue weighted by molar-refractivity contribution is 0.0949. The molecule has 0 aliphatic carbocycles. The highest BCUT2D eigenvalue weighted by Gasteiger charge is 2.31. The predicted molar refractivity (Wildman–Crippen MR) is 154 cm³/mol. The number of rotatable bonds is 6. The Hall–Kier alpha value is -3.77. The molecule has 2 aliphatic rings. The van der Waals surface area contributed by atoms with Crippen LogP contribution in [-0.4, -0.2) is 44.4 Å². The molecule has 12 heteroatoms. The van der Waals surface area contributed by atoms with Gasteiger partial charge in [0.05, 0.1) is 27.6 Å². The van der Waals surface area contributed by atoms with Crippen molar-refractivity contribution in [3.8, 4) is 16.3 Å². The van der Waals surface area contributed by atoms with E-state index in [9.17, 15) is 18.0 Å². The van der Waals surface area contributed by atoms with Gasteiger partial charge in [-0.05, 0) is 67.6 Å². The van der Waals surface area contributed by atoms with Gasteiger partial charge in [-0.3, -0.25) is 9.59 Å². The third-order valence-corrected chi connectivity index (χ3v) is 9.51. The lowest BCUT2D eigenvalue weighted by atomic mass is 10.1. The first-order valence-corrected chi connectivity index (χ1v) is 14.7. The highest BCUT2D eigenvalue weighted by Crippen LogP contribution is 2.34. The Morgan fingerprint density at radius 2 is 1.88 bits per heavy atom. The molecule has 6 rings (SSSR count). The number of nitrogens with zero attached hydrogens (tertiary/aromatic N) is 1. The van der Waals surface area contributed by atoms with Gasteiger partial charge in [0, 0.05) is 28.7 Å². The van der Waals surface area contributed by atoms with Crippen LogP contribution in [0.15, 0.2) is 82.7 Å². The summed E-state index contributed by atoms with van der Waals surface area (Å²) in [4.78, 5) is 30.8. The number of sulfone groups is 1. The maximum absolute atomic E-state index is 13.2. The number of benzene rings is 3. The molecule has 1 atom stereocenters. The first kappa shape index (κ1) is 27.8. The minimum atomic E-state index is -3.93. The van der Waals surface area contributed by atoms with Crippen molar-refractivity contribution in [3.05, 3.63) is 88.9 Å². The van der Waals surface area contributed by atoms with Gasteiger partial charge in [0.1, 0.15) is 16.9 Å². The molecule has 9 nitrogen and oxygen atoms in total. The normalized spacial score (nSPS) is 17.0. The van der Waals surface area contributed by atoms with Crippen molar-refractivity contribution in [2.75, 3.05) is 18.4 Å². The summed E-state index contributed by atoms with van der Waals surface area (Å²) < 4.78 is 32.3. The number of carbonyl (C=O) groups excluding carboxylic acids is 2. The first-order chi connectivity index (χ1) is 18.9. The van der Waals surface area contributed by atoms with Crippen LogP contribution >= 0.6 is 23.7 Å². The predicted octanol–water partition coefficient (Wildman–Crippen LogP) is 4.30. The van der Waals surface area contributed by atoms with E-state index >= 15 is 0 Å². The van der Waals surface area contributed by atoms with Crippen molar-refractivity contribution in [2.24, 2.45) is 0 Å². The zero-order chi connectivity index (χ0) is 27.0. The smallest absolute Gasteiger partial charge is 0.257 e. The maximum atomic E-state index is 13.2. The van der Waals surface area contributed by atoms with Crippen molar-refractivity contribution in [3.63, 3.8) is 0 Å². The molecule has 0 bridgehead atoms. The standard InChI is InChI=1S/C28H24N4O5S2.ClH/c33-26(18-7-10-25-23(13-18)32-27(34)22-3-1-2-4-24(22)39(25,35)36)30-15-21-16-31-28(38-21)17-5-8-19(9-6-17)37-20-11-12-29-14-20;/h1-10,13,16,20,29H,11-12,14-15H2,(H,30,33)(H,32,34);1H/t20-;/m1./s1. The van der Waals surface area contributed by atoms with Gasteiger partial charge in [0.2, 0.25) is 9.84 Å². The second-order valence-electron chi connectivity index (χ2n) is 9.24. The van der Waals surface area contributed by atoms with E-state index < -0.39 is 21.7 Å². The quantitative estimate of drug-likeness (QED) is 0.303. The van der Waals surface area contributed by atoms with Gasteiger partial charge < -0.3 is 20.7 Å². The number of thiazole rings is 1. The van der Waals surface area contributed by atoms with Crippen molar-refractivity contribution >= 4 is 51.1 Å². The lowest BCUT2D eigenvalue weighted by Crippen LogP contribution is -2.22. The molecule has 0 radical (unpaired) electrons. The second-order valence-corrected chi connectivity index (χ2v) is 12.2.